The van der Waals surface area contributed by atoms with Crippen molar-refractivity contribution >= 4 is 11.6 Å². The van der Waals surface area contributed by atoms with Crippen molar-refractivity contribution in [1.29, 1.82) is 0 Å². The summed E-state index contributed by atoms with van der Waals surface area (Å²) in [6.07, 6.45) is 7.57. The number of H-pyrrole nitrogens is 1. The number of aromatic nitrogens is 2. The fourth-order valence-electron chi connectivity index (χ4n) is 2.63. The third-order valence-electron chi connectivity index (χ3n) is 4.35. The molecule has 1 aliphatic heterocycles. The molecule has 1 aromatic heterocycles. The molecule has 128 valence electrons. The molecule has 6 nitrogen and oxygen atoms in total. The Morgan fingerprint density at radius 2 is 2.12 bits per heavy atom. The Morgan fingerprint density at radius 3 is 2.76 bits per heavy atom. The normalized spacial score (nSPS) is 14.1. The number of nitrogens with zero attached hydrogens (tertiary/aromatic N) is 3. The van der Waals surface area contributed by atoms with Gasteiger partial charge in [0.1, 0.15) is 5.82 Å². The maximum Gasteiger partial charge on any atom is 0.224 e. The fraction of sp³-hybridized carbons (Fsp3) is 0.368. The van der Waals surface area contributed by atoms with E-state index in [4.69, 9.17) is 6.42 Å². The molecule has 3 rings (SSSR count). The van der Waals surface area contributed by atoms with Crippen molar-refractivity contribution in [3.8, 4) is 23.7 Å². The highest BCUT2D eigenvalue weighted by atomic mass is 16.1. The zero-order valence-electron chi connectivity index (χ0n) is 14.5. The topological polar surface area (TPSA) is 82.5 Å². The van der Waals surface area contributed by atoms with Crippen molar-refractivity contribution in [2.24, 2.45) is 10.2 Å². The van der Waals surface area contributed by atoms with Gasteiger partial charge in [-0.2, -0.15) is 10.2 Å². The van der Waals surface area contributed by atoms with Crippen LogP contribution in [0.25, 0.3) is 11.4 Å². The maximum atomic E-state index is 12.2. The number of benzene rings is 1. The summed E-state index contributed by atoms with van der Waals surface area (Å²) in [5.74, 6) is 3.34. The monoisotopic (exact) mass is 335 g/mol. The second-order valence-electron chi connectivity index (χ2n) is 6.31. The minimum Gasteiger partial charge on any atom is -0.342 e. The summed E-state index contributed by atoms with van der Waals surface area (Å²) in [6, 6.07) is 7.64. The van der Waals surface area contributed by atoms with Gasteiger partial charge in [-0.1, -0.05) is 12.1 Å². The van der Waals surface area contributed by atoms with E-state index in [-0.39, 0.29) is 5.91 Å². The van der Waals surface area contributed by atoms with E-state index in [2.05, 4.69) is 31.4 Å². The summed E-state index contributed by atoms with van der Waals surface area (Å²) < 4.78 is 0. The molecular formula is C19H21N5O. The van der Waals surface area contributed by atoms with Gasteiger partial charge in [-0.15, -0.1) is 12.3 Å². The largest absolute Gasteiger partial charge is 0.342 e. The first kappa shape index (κ1) is 16.9. The van der Waals surface area contributed by atoms with Crippen LogP contribution in [-0.2, 0) is 4.79 Å². The molecule has 2 N–H and O–H groups in total. The van der Waals surface area contributed by atoms with E-state index in [1.165, 1.54) is 0 Å². The SMILES string of the molecule is C#CCCC1(CCC(=O)Nc2cccc(-c3nc(C)c(C)[nH]3)c2)N=N1. The predicted octanol–water partition coefficient (Wildman–Crippen LogP) is 3.99. The van der Waals surface area contributed by atoms with Gasteiger partial charge in [-0.25, -0.2) is 4.98 Å². The van der Waals surface area contributed by atoms with Crippen molar-refractivity contribution in [3.05, 3.63) is 35.7 Å². The predicted molar refractivity (Wildman–Crippen MR) is 97.0 cm³/mol. The lowest BCUT2D eigenvalue weighted by Crippen LogP contribution is -2.17. The lowest BCUT2D eigenvalue weighted by Gasteiger charge is -2.10. The van der Waals surface area contributed by atoms with Crippen LogP contribution in [0.4, 0.5) is 5.69 Å². The van der Waals surface area contributed by atoms with Gasteiger partial charge in [0.05, 0.1) is 5.69 Å². The molecule has 0 bridgehead atoms. The highest BCUT2D eigenvalue weighted by Gasteiger charge is 2.39. The number of terminal acetylenes is 1. The quantitative estimate of drug-likeness (QED) is 0.750. The van der Waals surface area contributed by atoms with E-state index in [0.717, 1.165) is 28.5 Å². The lowest BCUT2D eigenvalue weighted by atomic mass is 10.0. The number of hydrogen-bond donors (Lipinski definition) is 2. The average Bonchev–Trinajstić information content (AvgIpc) is 3.30. The Morgan fingerprint density at radius 1 is 1.32 bits per heavy atom. The molecule has 1 amide bonds. The van der Waals surface area contributed by atoms with Crippen LogP contribution < -0.4 is 5.32 Å². The van der Waals surface area contributed by atoms with E-state index in [9.17, 15) is 4.79 Å². The summed E-state index contributed by atoms with van der Waals surface area (Å²) >= 11 is 0. The zero-order valence-corrected chi connectivity index (χ0v) is 14.5. The van der Waals surface area contributed by atoms with Gasteiger partial charge in [-0.3, -0.25) is 4.79 Å². The molecule has 6 heteroatoms. The van der Waals surface area contributed by atoms with Crippen LogP contribution in [0.15, 0.2) is 34.5 Å². The molecule has 25 heavy (non-hydrogen) atoms. The molecule has 0 saturated carbocycles. The number of amides is 1. The molecule has 0 atom stereocenters. The number of rotatable bonds is 7. The Kier molecular flexibility index (Phi) is 4.66. The standard InChI is InChI=1S/C19H21N5O/c1-4-5-10-19(23-24-19)11-9-17(25)22-16-8-6-7-15(12-16)18-20-13(2)14(3)21-18/h1,6-8,12H,5,9-11H2,2-3H3,(H,20,21)(H,22,25). The minimum absolute atomic E-state index is 0.0543. The molecule has 0 unspecified atom stereocenters. The zero-order chi connectivity index (χ0) is 17.9. The molecule has 1 aliphatic rings. The highest BCUT2D eigenvalue weighted by Crippen LogP contribution is 2.37. The Bertz CT molecular complexity index is 833. The number of nitrogens with one attached hydrogen (secondary N) is 2. The Balaban J connectivity index is 1.59. The summed E-state index contributed by atoms with van der Waals surface area (Å²) in [5.41, 5.74) is 3.27. The van der Waals surface area contributed by atoms with Gasteiger partial charge in [0, 0.05) is 42.6 Å². The minimum atomic E-state index is -0.422. The van der Waals surface area contributed by atoms with E-state index in [1.807, 2.05) is 38.1 Å². The number of carbonyl (C=O) groups excluding carboxylic acids is 1. The summed E-state index contributed by atoms with van der Waals surface area (Å²) in [7, 11) is 0. The molecular weight excluding hydrogens is 314 g/mol. The second-order valence-corrected chi connectivity index (χ2v) is 6.31. The molecule has 0 aliphatic carbocycles. The first-order chi connectivity index (χ1) is 12.0. The molecule has 0 fully saturated rings. The number of anilines is 1. The summed E-state index contributed by atoms with van der Waals surface area (Å²) in [4.78, 5) is 20.0. The molecule has 2 heterocycles. The first-order valence-corrected chi connectivity index (χ1v) is 8.32. The number of aromatic amines is 1. The van der Waals surface area contributed by atoms with Crippen LogP contribution >= 0.6 is 0 Å². The van der Waals surface area contributed by atoms with Crippen LogP contribution in [0, 0.1) is 26.2 Å². The summed E-state index contributed by atoms with van der Waals surface area (Å²) in [5, 5.41) is 11.0. The van der Waals surface area contributed by atoms with E-state index < -0.39 is 5.66 Å². The van der Waals surface area contributed by atoms with E-state index in [1.54, 1.807) is 0 Å². The van der Waals surface area contributed by atoms with Gasteiger partial charge in [-0.05, 0) is 26.0 Å². The molecule has 0 saturated heterocycles. The third kappa shape index (κ3) is 4.13. The van der Waals surface area contributed by atoms with Crippen molar-refractivity contribution in [1.82, 2.24) is 9.97 Å². The van der Waals surface area contributed by atoms with Crippen LogP contribution in [0.2, 0.25) is 0 Å². The number of carbonyl (C=O) groups is 1. The van der Waals surface area contributed by atoms with Gasteiger partial charge in [0.15, 0.2) is 5.66 Å². The van der Waals surface area contributed by atoms with Crippen LogP contribution in [-0.4, -0.2) is 21.5 Å². The molecule has 0 spiro atoms. The van der Waals surface area contributed by atoms with Gasteiger partial charge in [0.2, 0.25) is 5.91 Å². The highest BCUT2D eigenvalue weighted by molar-refractivity contribution is 5.91. The van der Waals surface area contributed by atoms with Crippen LogP contribution in [0.5, 0.6) is 0 Å². The van der Waals surface area contributed by atoms with Crippen LogP contribution in [0.3, 0.4) is 0 Å². The van der Waals surface area contributed by atoms with Crippen molar-refractivity contribution in [2.75, 3.05) is 5.32 Å². The maximum absolute atomic E-state index is 12.2. The Hall–Kier alpha value is -2.94. The molecule has 2 aromatic rings. The number of hydrogen-bond acceptors (Lipinski definition) is 4. The summed E-state index contributed by atoms with van der Waals surface area (Å²) in [6.45, 7) is 3.95. The Labute approximate surface area is 147 Å². The van der Waals surface area contributed by atoms with Gasteiger partial charge in [0.25, 0.3) is 0 Å². The number of aryl methyl sites for hydroxylation is 2. The lowest BCUT2D eigenvalue weighted by molar-refractivity contribution is -0.116. The first-order valence-electron chi connectivity index (χ1n) is 8.32. The van der Waals surface area contributed by atoms with Crippen LogP contribution in [0.1, 0.15) is 37.1 Å². The third-order valence-corrected chi connectivity index (χ3v) is 4.35. The second kappa shape index (κ2) is 6.89. The smallest absolute Gasteiger partial charge is 0.224 e. The molecule has 1 aromatic carbocycles. The number of imidazole rings is 1. The van der Waals surface area contributed by atoms with E-state index in [0.29, 0.717) is 25.7 Å². The van der Waals surface area contributed by atoms with Crippen molar-refractivity contribution < 1.29 is 4.79 Å². The molecule has 0 radical (unpaired) electrons. The van der Waals surface area contributed by atoms with E-state index >= 15 is 0 Å². The fourth-order valence-corrected chi connectivity index (χ4v) is 2.63. The van der Waals surface area contributed by atoms with Gasteiger partial charge < -0.3 is 10.3 Å². The average molecular weight is 335 g/mol. The van der Waals surface area contributed by atoms with Crippen molar-refractivity contribution in [3.63, 3.8) is 0 Å². The van der Waals surface area contributed by atoms with Crippen molar-refractivity contribution in [2.45, 2.75) is 45.2 Å². The van der Waals surface area contributed by atoms with Gasteiger partial charge >= 0.3 is 0 Å².